The van der Waals surface area contributed by atoms with Crippen LogP contribution in [-0.4, -0.2) is 62.2 Å². The molecule has 4 rings (SSSR count). The zero-order chi connectivity index (χ0) is 20.3. The lowest BCUT2D eigenvalue weighted by molar-refractivity contribution is -0.118. The van der Waals surface area contributed by atoms with Gasteiger partial charge in [-0.25, -0.2) is 13.4 Å². The third kappa shape index (κ3) is 4.48. The number of para-hydroxylation sites is 1. The molecule has 0 spiro atoms. The molecule has 0 bridgehead atoms. The topological polar surface area (TPSA) is 79.8 Å². The molecule has 7 nitrogen and oxygen atoms in total. The highest BCUT2D eigenvalue weighted by Crippen LogP contribution is 2.28. The summed E-state index contributed by atoms with van der Waals surface area (Å²) in [7, 11) is -3.53. The van der Waals surface area contributed by atoms with Gasteiger partial charge in [0, 0.05) is 43.7 Å². The number of sulfonamides is 1. The van der Waals surface area contributed by atoms with Gasteiger partial charge in [0.25, 0.3) is 0 Å². The summed E-state index contributed by atoms with van der Waals surface area (Å²) in [5.74, 6) is 0.703. The van der Waals surface area contributed by atoms with Crippen LogP contribution < -0.4 is 4.90 Å². The fraction of sp³-hybridized carbons (Fsp3) is 0.400. The number of amides is 1. The number of fused-ring (bicyclic) bond motifs is 1. The number of carbonyl (C=O) groups excluding carboxylic acids is 1. The van der Waals surface area contributed by atoms with E-state index in [2.05, 4.69) is 11.1 Å². The zero-order valence-electron chi connectivity index (χ0n) is 16.0. The first kappa shape index (κ1) is 20.3. The Balaban J connectivity index is 1.31. The maximum atomic E-state index is 12.6. The van der Waals surface area contributed by atoms with Crippen LogP contribution in [0.5, 0.6) is 0 Å². The van der Waals surface area contributed by atoms with Gasteiger partial charge in [0.1, 0.15) is 4.90 Å². The summed E-state index contributed by atoms with van der Waals surface area (Å²) in [6, 6.07) is 11.3. The standard InChI is InChI=1S/C20H23N3O4S2/c24-20(23-9-7-16-3-1-2-4-18(16)23)8-14-28-19-6-5-17(15-21-19)29(25,26)22-10-12-27-13-11-22/h1-6,15H,7-14H2. The predicted octanol–water partition coefficient (Wildman–Crippen LogP) is 2.17. The normalized spacial score (nSPS) is 17.3. The van der Waals surface area contributed by atoms with Gasteiger partial charge in [-0.05, 0) is 30.2 Å². The van der Waals surface area contributed by atoms with Crippen LogP contribution in [0, 0.1) is 0 Å². The molecule has 2 aliphatic heterocycles. The number of morpholine rings is 1. The number of aromatic nitrogens is 1. The van der Waals surface area contributed by atoms with E-state index in [1.54, 1.807) is 12.1 Å². The van der Waals surface area contributed by atoms with E-state index in [1.807, 2.05) is 23.1 Å². The Morgan fingerprint density at radius 1 is 1.10 bits per heavy atom. The first-order valence-corrected chi connectivity index (χ1v) is 12.0. The van der Waals surface area contributed by atoms with Crippen LogP contribution in [-0.2, 0) is 26.0 Å². The highest BCUT2D eigenvalue weighted by Gasteiger charge is 2.27. The molecule has 1 amide bonds. The van der Waals surface area contributed by atoms with Gasteiger partial charge in [0.05, 0.1) is 18.2 Å². The van der Waals surface area contributed by atoms with Crippen molar-refractivity contribution in [2.45, 2.75) is 22.8 Å². The van der Waals surface area contributed by atoms with E-state index in [9.17, 15) is 13.2 Å². The summed E-state index contributed by atoms with van der Waals surface area (Å²) >= 11 is 1.46. The minimum Gasteiger partial charge on any atom is -0.379 e. The molecule has 1 fully saturated rings. The van der Waals surface area contributed by atoms with E-state index >= 15 is 0 Å². The number of rotatable bonds is 6. The van der Waals surface area contributed by atoms with E-state index in [4.69, 9.17) is 4.74 Å². The summed E-state index contributed by atoms with van der Waals surface area (Å²) in [6.07, 6.45) is 2.70. The highest BCUT2D eigenvalue weighted by molar-refractivity contribution is 7.99. The van der Waals surface area contributed by atoms with Crippen LogP contribution in [0.25, 0.3) is 0 Å². The molecule has 1 aromatic carbocycles. The molecule has 9 heteroatoms. The monoisotopic (exact) mass is 433 g/mol. The van der Waals surface area contributed by atoms with Crippen molar-refractivity contribution in [1.82, 2.24) is 9.29 Å². The van der Waals surface area contributed by atoms with E-state index in [-0.39, 0.29) is 10.8 Å². The third-order valence-electron chi connectivity index (χ3n) is 5.07. The average Bonchev–Trinajstić information content (AvgIpc) is 3.19. The van der Waals surface area contributed by atoms with Crippen LogP contribution >= 0.6 is 11.8 Å². The maximum absolute atomic E-state index is 12.6. The third-order valence-corrected chi connectivity index (χ3v) is 7.90. The number of carbonyl (C=O) groups is 1. The molecule has 2 aliphatic rings. The Hall–Kier alpha value is -1.94. The first-order valence-electron chi connectivity index (χ1n) is 9.61. The molecule has 0 saturated carbocycles. The summed E-state index contributed by atoms with van der Waals surface area (Å²) < 4.78 is 31.9. The van der Waals surface area contributed by atoms with Gasteiger partial charge >= 0.3 is 0 Å². The number of benzene rings is 1. The number of anilines is 1. The number of ether oxygens (including phenoxy) is 1. The fourth-order valence-corrected chi connectivity index (χ4v) is 5.65. The smallest absolute Gasteiger partial charge is 0.244 e. The SMILES string of the molecule is O=C(CCSc1ccc(S(=O)(=O)N2CCOCC2)cn1)N1CCc2ccccc21. The molecule has 29 heavy (non-hydrogen) atoms. The number of pyridine rings is 1. The molecule has 0 radical (unpaired) electrons. The van der Waals surface area contributed by atoms with Crippen molar-refractivity contribution in [3.05, 3.63) is 48.2 Å². The Morgan fingerprint density at radius 2 is 1.90 bits per heavy atom. The Kier molecular flexibility index (Phi) is 6.19. The van der Waals surface area contributed by atoms with Crippen LogP contribution in [0.2, 0.25) is 0 Å². The van der Waals surface area contributed by atoms with Crippen LogP contribution in [0.15, 0.2) is 52.5 Å². The summed E-state index contributed by atoms with van der Waals surface area (Å²) in [4.78, 5) is 18.9. The molecule has 1 aromatic heterocycles. The largest absolute Gasteiger partial charge is 0.379 e. The second-order valence-corrected chi connectivity index (χ2v) is 9.92. The molecule has 3 heterocycles. The molecule has 2 aromatic rings. The van der Waals surface area contributed by atoms with Crippen LogP contribution in [0.1, 0.15) is 12.0 Å². The fourth-order valence-electron chi connectivity index (χ4n) is 3.52. The molecule has 0 atom stereocenters. The molecule has 154 valence electrons. The average molecular weight is 434 g/mol. The Bertz CT molecular complexity index is 973. The lowest BCUT2D eigenvalue weighted by Gasteiger charge is -2.25. The Labute approximate surface area is 175 Å². The minimum absolute atomic E-state index is 0.106. The summed E-state index contributed by atoms with van der Waals surface area (Å²) in [6.45, 7) is 2.28. The van der Waals surface area contributed by atoms with Crippen LogP contribution in [0.3, 0.4) is 0 Å². The lowest BCUT2D eigenvalue weighted by Crippen LogP contribution is -2.40. The van der Waals surface area contributed by atoms with Gasteiger partial charge in [0.15, 0.2) is 0 Å². The predicted molar refractivity (Wildman–Crippen MR) is 112 cm³/mol. The minimum atomic E-state index is -3.53. The van der Waals surface area contributed by atoms with Gasteiger partial charge in [-0.3, -0.25) is 4.79 Å². The lowest BCUT2D eigenvalue weighted by atomic mass is 10.2. The summed E-state index contributed by atoms with van der Waals surface area (Å²) in [5.41, 5.74) is 2.23. The van der Waals surface area contributed by atoms with Crippen molar-refractivity contribution in [3.63, 3.8) is 0 Å². The van der Waals surface area contributed by atoms with Crippen LogP contribution in [0.4, 0.5) is 5.69 Å². The van der Waals surface area contributed by atoms with Gasteiger partial charge < -0.3 is 9.64 Å². The van der Waals surface area contributed by atoms with Crippen molar-refractivity contribution in [2.75, 3.05) is 43.5 Å². The van der Waals surface area contributed by atoms with Crippen molar-refractivity contribution in [3.8, 4) is 0 Å². The highest BCUT2D eigenvalue weighted by atomic mass is 32.2. The van der Waals surface area contributed by atoms with Crippen molar-refractivity contribution in [2.24, 2.45) is 0 Å². The Morgan fingerprint density at radius 3 is 2.66 bits per heavy atom. The van der Waals surface area contributed by atoms with Crippen molar-refractivity contribution < 1.29 is 17.9 Å². The first-order chi connectivity index (χ1) is 14.1. The zero-order valence-corrected chi connectivity index (χ0v) is 17.6. The van der Waals surface area contributed by atoms with Gasteiger partial charge in [-0.1, -0.05) is 18.2 Å². The molecule has 1 saturated heterocycles. The number of thioether (sulfide) groups is 1. The number of nitrogens with zero attached hydrogens (tertiary/aromatic N) is 3. The van der Waals surface area contributed by atoms with Gasteiger partial charge in [0.2, 0.25) is 15.9 Å². The molecule has 0 aliphatic carbocycles. The maximum Gasteiger partial charge on any atom is 0.244 e. The van der Waals surface area contributed by atoms with E-state index in [1.165, 1.54) is 27.8 Å². The van der Waals surface area contributed by atoms with E-state index in [0.717, 1.165) is 18.7 Å². The van der Waals surface area contributed by atoms with Crippen molar-refractivity contribution in [1.29, 1.82) is 0 Å². The molecule has 0 unspecified atom stereocenters. The van der Waals surface area contributed by atoms with Gasteiger partial charge in [-0.15, -0.1) is 11.8 Å². The second-order valence-electron chi connectivity index (χ2n) is 6.87. The number of hydrogen-bond donors (Lipinski definition) is 0. The quantitative estimate of drug-likeness (QED) is 0.650. The summed E-state index contributed by atoms with van der Waals surface area (Å²) in [5, 5.41) is 0.709. The second kappa shape index (κ2) is 8.83. The van der Waals surface area contributed by atoms with Gasteiger partial charge in [-0.2, -0.15) is 4.31 Å². The van der Waals surface area contributed by atoms with E-state index < -0.39 is 10.0 Å². The molecule has 0 N–H and O–H groups in total. The molecular formula is C20H23N3O4S2. The van der Waals surface area contributed by atoms with E-state index in [0.29, 0.717) is 43.5 Å². The van der Waals surface area contributed by atoms with Crippen molar-refractivity contribution >= 4 is 33.4 Å². The molecular weight excluding hydrogens is 410 g/mol. The number of hydrogen-bond acceptors (Lipinski definition) is 6.